The summed E-state index contributed by atoms with van der Waals surface area (Å²) >= 11 is 0. The van der Waals surface area contributed by atoms with Crippen molar-refractivity contribution in [3.8, 4) is 17.2 Å². The van der Waals surface area contributed by atoms with Crippen LogP contribution >= 0.6 is 7.92 Å². The Bertz CT molecular complexity index is 959. The predicted octanol–water partition coefficient (Wildman–Crippen LogP) is 6.43. The van der Waals surface area contributed by atoms with Crippen LogP contribution in [0.25, 0.3) is 0 Å². The van der Waals surface area contributed by atoms with Crippen molar-refractivity contribution >= 4 is 19.0 Å². The largest absolute Gasteiger partial charge is 0.496 e. The topological polar surface area (TPSA) is 61.8 Å². The Labute approximate surface area is 192 Å². The second kappa shape index (κ2) is 10.5. The average molecular weight is 457 g/mol. The molecule has 0 heterocycles. The highest BCUT2D eigenvalue weighted by atomic mass is 31.1. The molecule has 0 bridgehead atoms. The number of rotatable bonds is 8. The number of methoxy groups -OCH3 is 3. The van der Waals surface area contributed by atoms with Gasteiger partial charge in [0.05, 0.1) is 21.3 Å². The minimum atomic E-state index is -1.63. The van der Waals surface area contributed by atoms with E-state index in [4.69, 9.17) is 14.2 Å². The lowest BCUT2D eigenvalue weighted by Gasteiger charge is -2.30. The van der Waals surface area contributed by atoms with Gasteiger partial charge in [-0.05, 0) is 50.4 Å². The summed E-state index contributed by atoms with van der Waals surface area (Å²) in [5, 5.41) is 0. The molecule has 32 heavy (non-hydrogen) atoms. The van der Waals surface area contributed by atoms with E-state index in [1.54, 1.807) is 19.2 Å². The fourth-order valence-corrected chi connectivity index (χ4v) is 7.52. The van der Waals surface area contributed by atoms with Gasteiger partial charge in [0.2, 0.25) is 0 Å². The highest BCUT2D eigenvalue weighted by Gasteiger charge is 2.39. The second-order valence-electron chi connectivity index (χ2n) is 8.45. The molecule has 1 atom stereocenters. The van der Waals surface area contributed by atoms with Crippen LogP contribution in [0.1, 0.15) is 69.5 Å². The van der Waals surface area contributed by atoms with E-state index in [0.29, 0.717) is 28.4 Å². The number of ether oxygens (including phenoxy) is 3. The zero-order chi connectivity index (χ0) is 23.4. The first-order chi connectivity index (χ1) is 15.3. The average Bonchev–Trinajstić information content (AvgIpc) is 2.78. The highest BCUT2D eigenvalue weighted by molar-refractivity contribution is 7.90. The van der Waals surface area contributed by atoms with Gasteiger partial charge in [-0.2, -0.15) is 0 Å². The number of hydrogen-bond donors (Lipinski definition) is 0. The molecular weight excluding hydrogens is 423 g/mol. The molecule has 1 saturated carbocycles. The van der Waals surface area contributed by atoms with Crippen molar-refractivity contribution in [2.45, 2.75) is 58.5 Å². The van der Waals surface area contributed by atoms with Gasteiger partial charge in [0, 0.05) is 25.6 Å². The summed E-state index contributed by atoms with van der Waals surface area (Å²) < 4.78 is 16.4. The van der Waals surface area contributed by atoms with Gasteiger partial charge >= 0.3 is 0 Å². The maximum atomic E-state index is 14.1. The van der Waals surface area contributed by atoms with Crippen LogP contribution in [0.3, 0.4) is 0 Å². The van der Waals surface area contributed by atoms with E-state index in [2.05, 4.69) is 0 Å². The molecule has 0 radical (unpaired) electrons. The number of carbonyl (C=O) groups is 2. The van der Waals surface area contributed by atoms with Gasteiger partial charge in [-0.15, -0.1) is 0 Å². The lowest BCUT2D eigenvalue weighted by atomic mass is 10.0. The molecule has 0 amide bonds. The normalized spacial score (nSPS) is 15.2. The SMILES string of the molecule is COc1cc(OC)c(C(=O)P(C(=O)c2c(C)cc(C)cc2C)C2CCCCC2)c(OC)c1. The van der Waals surface area contributed by atoms with Crippen LogP contribution in [0.4, 0.5) is 0 Å². The quantitative estimate of drug-likeness (QED) is 0.428. The first-order valence-electron chi connectivity index (χ1n) is 11.1. The van der Waals surface area contributed by atoms with Gasteiger partial charge in [0.15, 0.2) is 11.0 Å². The third-order valence-electron chi connectivity index (χ3n) is 6.20. The number of benzene rings is 2. The van der Waals surface area contributed by atoms with Crippen molar-refractivity contribution < 1.29 is 23.8 Å². The molecule has 1 aliphatic rings. The van der Waals surface area contributed by atoms with Crippen molar-refractivity contribution in [3.05, 3.63) is 52.1 Å². The first-order valence-corrected chi connectivity index (χ1v) is 12.5. The van der Waals surface area contributed by atoms with E-state index < -0.39 is 7.92 Å². The molecule has 1 fully saturated rings. The van der Waals surface area contributed by atoms with E-state index in [0.717, 1.165) is 48.8 Å². The summed E-state index contributed by atoms with van der Waals surface area (Å²) in [5.41, 5.74) is 3.85. The summed E-state index contributed by atoms with van der Waals surface area (Å²) in [5.74, 6) is 1.29. The predicted molar refractivity (Wildman–Crippen MR) is 129 cm³/mol. The van der Waals surface area contributed by atoms with Crippen molar-refractivity contribution in [2.24, 2.45) is 0 Å². The lowest BCUT2D eigenvalue weighted by molar-refractivity contribution is 0.104. The Morgan fingerprint density at radius 2 is 1.25 bits per heavy atom. The minimum absolute atomic E-state index is 0.0353. The first kappa shape index (κ1) is 24.3. The van der Waals surface area contributed by atoms with Crippen molar-refractivity contribution in [3.63, 3.8) is 0 Å². The van der Waals surface area contributed by atoms with Gasteiger partial charge in [0.1, 0.15) is 22.8 Å². The summed E-state index contributed by atoms with van der Waals surface area (Å²) in [6.45, 7) is 5.94. The summed E-state index contributed by atoms with van der Waals surface area (Å²) in [6, 6.07) is 7.40. The minimum Gasteiger partial charge on any atom is -0.496 e. The van der Waals surface area contributed by atoms with Gasteiger partial charge in [-0.1, -0.05) is 37.0 Å². The molecule has 1 aliphatic carbocycles. The Kier molecular flexibility index (Phi) is 7.95. The van der Waals surface area contributed by atoms with Crippen LogP contribution in [0.5, 0.6) is 17.2 Å². The standard InChI is InChI=1S/C26H33O5P/c1-16-12-17(2)23(18(3)13-16)25(27)32(20-10-8-7-9-11-20)26(28)24-21(30-5)14-19(29-4)15-22(24)31-6/h12-15,20H,7-11H2,1-6H3. The van der Waals surface area contributed by atoms with Crippen LogP contribution in [0.15, 0.2) is 24.3 Å². The zero-order valence-electron chi connectivity index (χ0n) is 19.9. The second-order valence-corrected chi connectivity index (χ2v) is 10.7. The van der Waals surface area contributed by atoms with Crippen molar-refractivity contribution in [1.29, 1.82) is 0 Å². The number of carbonyl (C=O) groups excluding carboxylic acids is 2. The van der Waals surface area contributed by atoms with Crippen LogP contribution in [0.2, 0.25) is 0 Å². The number of hydrogen-bond acceptors (Lipinski definition) is 5. The molecule has 2 aromatic rings. The van der Waals surface area contributed by atoms with Gasteiger partial charge in [0.25, 0.3) is 0 Å². The smallest absolute Gasteiger partial charge is 0.199 e. The van der Waals surface area contributed by atoms with Gasteiger partial charge in [-0.25, -0.2) is 0 Å². The maximum absolute atomic E-state index is 14.1. The summed E-state index contributed by atoms with van der Waals surface area (Å²) in [7, 11) is 2.96. The molecular formula is C26H33O5P. The molecule has 0 N–H and O–H groups in total. The van der Waals surface area contributed by atoms with Crippen LogP contribution in [-0.2, 0) is 0 Å². The molecule has 6 heteroatoms. The Hall–Kier alpha value is -2.39. The number of aryl methyl sites for hydroxylation is 3. The lowest BCUT2D eigenvalue weighted by Crippen LogP contribution is -2.22. The molecule has 0 saturated heterocycles. The maximum Gasteiger partial charge on any atom is 0.199 e. The van der Waals surface area contributed by atoms with Gasteiger partial charge in [-0.3, -0.25) is 9.59 Å². The van der Waals surface area contributed by atoms with E-state index in [9.17, 15) is 9.59 Å². The Morgan fingerprint density at radius 3 is 1.72 bits per heavy atom. The van der Waals surface area contributed by atoms with Crippen LogP contribution < -0.4 is 14.2 Å². The van der Waals surface area contributed by atoms with Gasteiger partial charge < -0.3 is 14.2 Å². The molecule has 0 aromatic heterocycles. The van der Waals surface area contributed by atoms with Crippen molar-refractivity contribution in [2.75, 3.05) is 21.3 Å². The molecule has 0 spiro atoms. The fraction of sp³-hybridized carbons (Fsp3) is 0.462. The summed E-state index contributed by atoms with van der Waals surface area (Å²) in [4.78, 5) is 28.2. The van der Waals surface area contributed by atoms with Crippen LogP contribution in [0, 0.1) is 20.8 Å². The third kappa shape index (κ3) is 4.83. The third-order valence-corrected chi connectivity index (χ3v) is 8.77. The zero-order valence-corrected chi connectivity index (χ0v) is 20.8. The van der Waals surface area contributed by atoms with E-state index in [1.165, 1.54) is 14.2 Å². The molecule has 5 nitrogen and oxygen atoms in total. The monoisotopic (exact) mass is 456 g/mol. The molecule has 0 aliphatic heterocycles. The van der Waals surface area contributed by atoms with Crippen molar-refractivity contribution in [1.82, 2.24) is 0 Å². The van der Waals surface area contributed by atoms with E-state index in [1.807, 2.05) is 32.9 Å². The molecule has 3 rings (SSSR count). The Balaban J connectivity index is 2.16. The van der Waals surface area contributed by atoms with E-state index >= 15 is 0 Å². The molecule has 1 unspecified atom stereocenters. The van der Waals surface area contributed by atoms with E-state index in [-0.39, 0.29) is 16.7 Å². The molecule has 172 valence electrons. The molecule has 2 aromatic carbocycles. The van der Waals surface area contributed by atoms with Crippen LogP contribution in [-0.4, -0.2) is 38.0 Å². The fourth-order valence-electron chi connectivity index (χ4n) is 4.74. The highest BCUT2D eigenvalue weighted by Crippen LogP contribution is 2.55. The summed E-state index contributed by atoms with van der Waals surface area (Å²) in [6.07, 6.45) is 5.04. The Morgan fingerprint density at radius 1 is 0.750 bits per heavy atom.